The smallest absolute Gasteiger partial charge is 0.447 e. The molecule has 3 aliphatic heterocycles. The van der Waals surface area contributed by atoms with Gasteiger partial charge in [0.15, 0.2) is 0 Å². The van der Waals surface area contributed by atoms with Crippen molar-refractivity contribution in [3.05, 3.63) is 47.5 Å². The number of ether oxygens (including phenoxy) is 2. The third-order valence-corrected chi connectivity index (χ3v) is 8.37. The first-order valence-electron chi connectivity index (χ1n) is 14.5. The number of piperazine rings is 1. The Kier molecular flexibility index (Phi) is 10.8. The Morgan fingerprint density at radius 3 is 2.49 bits per heavy atom. The number of alkyl carbamates (subject to hydrolysis) is 1. The van der Waals surface area contributed by atoms with E-state index in [9.17, 15) is 24.9 Å². The summed E-state index contributed by atoms with van der Waals surface area (Å²) in [6.45, 7) is 9.60. The second-order valence-corrected chi connectivity index (χ2v) is 11.6. The molecular weight excluding hydrogens is 525 g/mol. The molecule has 1 aromatic rings. The Morgan fingerprint density at radius 2 is 1.88 bits per heavy atom. The minimum absolute atomic E-state index is 0.0495. The summed E-state index contributed by atoms with van der Waals surface area (Å²) in [5, 5.41) is 32.0. The van der Waals surface area contributed by atoms with E-state index in [2.05, 4.69) is 21.2 Å². The lowest BCUT2D eigenvalue weighted by molar-refractivity contribution is -0.131. The standard InChI is InChI=1S/C29H42BN5O6/c1-29(2,34-14-12-33(13-15-34)25-19-40-20-25)17-23(18-31)27(36)35-11-7-6-10-24(35)21-41-28(37)32-26(30(38)39)16-22-8-4-3-5-9-22/h3-5,8-9,17,24-26,38-39H,6-7,10-16,19-21H2,1-2H3,(H,32,37)/t24-,26?/m1/s1. The van der Waals surface area contributed by atoms with Crippen LogP contribution in [0.4, 0.5) is 4.79 Å². The lowest BCUT2D eigenvalue weighted by Crippen LogP contribution is -2.59. The van der Waals surface area contributed by atoms with Crippen molar-refractivity contribution in [1.82, 2.24) is 20.0 Å². The fourth-order valence-corrected chi connectivity index (χ4v) is 5.74. The largest absolute Gasteiger partial charge is 0.475 e. The van der Waals surface area contributed by atoms with Crippen LogP contribution in [0.15, 0.2) is 42.0 Å². The van der Waals surface area contributed by atoms with E-state index in [1.807, 2.05) is 44.2 Å². The topological polar surface area (TPSA) is 139 Å². The first-order chi connectivity index (χ1) is 19.7. The minimum atomic E-state index is -1.77. The number of nitriles is 1. The molecule has 3 N–H and O–H groups in total. The third kappa shape index (κ3) is 8.30. The SMILES string of the molecule is CC(C)(C=C(C#N)C(=O)N1CCCC[C@@H]1COC(=O)NC(Cc1ccccc1)B(O)O)N1CCN(C2COC2)CC1. The number of hydrogen-bond donors (Lipinski definition) is 3. The Morgan fingerprint density at radius 1 is 1.17 bits per heavy atom. The van der Waals surface area contributed by atoms with Gasteiger partial charge in [-0.1, -0.05) is 30.3 Å². The number of carbonyl (C=O) groups is 2. The summed E-state index contributed by atoms with van der Waals surface area (Å²) in [6, 6.07) is 11.4. The summed E-state index contributed by atoms with van der Waals surface area (Å²) < 4.78 is 10.8. The number of piperidine rings is 1. The third-order valence-electron chi connectivity index (χ3n) is 8.37. The first-order valence-corrected chi connectivity index (χ1v) is 14.5. The van der Waals surface area contributed by atoms with E-state index in [1.54, 1.807) is 11.0 Å². The summed E-state index contributed by atoms with van der Waals surface area (Å²) in [4.78, 5) is 32.5. The Bertz CT molecular complexity index is 1100. The maximum atomic E-state index is 13.6. The van der Waals surface area contributed by atoms with E-state index >= 15 is 0 Å². The van der Waals surface area contributed by atoms with Crippen LogP contribution in [0.25, 0.3) is 0 Å². The van der Waals surface area contributed by atoms with Crippen molar-refractivity contribution in [2.24, 2.45) is 0 Å². The van der Waals surface area contributed by atoms with Gasteiger partial charge in [-0.3, -0.25) is 14.6 Å². The quantitative estimate of drug-likeness (QED) is 0.214. The van der Waals surface area contributed by atoms with E-state index in [4.69, 9.17) is 9.47 Å². The molecule has 41 heavy (non-hydrogen) atoms. The van der Waals surface area contributed by atoms with Crippen molar-refractivity contribution in [2.45, 2.75) is 63.1 Å². The molecule has 2 amide bonds. The first kappa shape index (κ1) is 31.0. The molecule has 3 saturated heterocycles. The molecule has 0 aromatic heterocycles. The fraction of sp³-hybridized carbons (Fsp3) is 0.621. The van der Waals surface area contributed by atoms with Crippen molar-refractivity contribution >= 4 is 19.1 Å². The average molecular weight is 567 g/mol. The van der Waals surface area contributed by atoms with Gasteiger partial charge < -0.3 is 29.7 Å². The summed E-state index contributed by atoms with van der Waals surface area (Å²) >= 11 is 0. The summed E-state index contributed by atoms with van der Waals surface area (Å²) in [7, 11) is -1.77. The predicted molar refractivity (Wildman–Crippen MR) is 153 cm³/mol. The number of carbonyl (C=O) groups excluding carboxylic acids is 2. The maximum absolute atomic E-state index is 13.6. The molecule has 3 fully saturated rings. The Labute approximate surface area is 242 Å². The zero-order valence-electron chi connectivity index (χ0n) is 24.1. The van der Waals surface area contributed by atoms with Gasteiger partial charge in [0, 0.05) is 38.3 Å². The number of hydrogen-bond acceptors (Lipinski definition) is 9. The van der Waals surface area contributed by atoms with Gasteiger partial charge in [0.05, 0.1) is 31.2 Å². The van der Waals surface area contributed by atoms with Gasteiger partial charge in [0.25, 0.3) is 5.91 Å². The van der Waals surface area contributed by atoms with Crippen molar-refractivity contribution in [2.75, 3.05) is 52.5 Å². The molecule has 1 unspecified atom stereocenters. The Balaban J connectivity index is 1.34. The average Bonchev–Trinajstić information content (AvgIpc) is 2.94. The minimum Gasteiger partial charge on any atom is -0.447 e. The number of nitrogens with one attached hydrogen (secondary N) is 1. The van der Waals surface area contributed by atoms with Crippen LogP contribution in [-0.2, 0) is 20.7 Å². The molecule has 0 saturated carbocycles. The van der Waals surface area contributed by atoms with Crippen LogP contribution in [-0.4, -0.2) is 120 Å². The van der Waals surface area contributed by atoms with E-state index in [1.165, 1.54) is 0 Å². The Hall–Kier alpha value is -2.95. The van der Waals surface area contributed by atoms with Crippen LogP contribution < -0.4 is 5.32 Å². The molecule has 222 valence electrons. The van der Waals surface area contributed by atoms with E-state index in [0.29, 0.717) is 19.0 Å². The van der Waals surface area contributed by atoms with Gasteiger partial charge in [-0.2, -0.15) is 5.26 Å². The van der Waals surface area contributed by atoms with Gasteiger partial charge in [0.2, 0.25) is 0 Å². The molecule has 12 heteroatoms. The summed E-state index contributed by atoms with van der Waals surface area (Å²) in [5.41, 5.74) is 0.444. The molecule has 3 aliphatic rings. The van der Waals surface area contributed by atoms with Gasteiger partial charge in [-0.05, 0) is 51.2 Å². The molecule has 0 aliphatic carbocycles. The molecule has 3 heterocycles. The van der Waals surface area contributed by atoms with E-state index < -0.39 is 24.7 Å². The lowest BCUT2D eigenvalue weighted by atomic mass is 9.76. The van der Waals surface area contributed by atoms with E-state index in [-0.39, 0.29) is 30.5 Å². The zero-order valence-corrected chi connectivity index (χ0v) is 24.1. The van der Waals surface area contributed by atoms with Crippen molar-refractivity contribution < 1.29 is 29.1 Å². The second kappa shape index (κ2) is 14.3. The highest BCUT2D eigenvalue weighted by Gasteiger charge is 2.36. The molecule has 1 aromatic carbocycles. The number of likely N-dealkylation sites (tertiary alicyclic amines) is 1. The van der Waals surface area contributed by atoms with Gasteiger partial charge in [0.1, 0.15) is 18.2 Å². The van der Waals surface area contributed by atoms with Crippen molar-refractivity contribution in [3.8, 4) is 6.07 Å². The predicted octanol–water partition coefficient (Wildman–Crippen LogP) is 0.962. The second-order valence-electron chi connectivity index (χ2n) is 11.6. The number of benzene rings is 1. The number of rotatable bonds is 10. The van der Waals surface area contributed by atoms with Crippen LogP contribution in [0.2, 0.25) is 0 Å². The van der Waals surface area contributed by atoms with Crippen molar-refractivity contribution in [3.63, 3.8) is 0 Å². The molecule has 0 spiro atoms. The van der Waals surface area contributed by atoms with Crippen LogP contribution in [0.3, 0.4) is 0 Å². The monoisotopic (exact) mass is 567 g/mol. The van der Waals surface area contributed by atoms with Crippen LogP contribution >= 0.6 is 0 Å². The molecule has 2 atom stereocenters. The van der Waals surface area contributed by atoms with Gasteiger partial charge in [-0.25, -0.2) is 4.79 Å². The van der Waals surface area contributed by atoms with E-state index in [0.717, 1.165) is 57.8 Å². The normalized spacial score (nSPS) is 21.9. The number of nitrogens with zero attached hydrogens (tertiary/aromatic N) is 4. The zero-order chi connectivity index (χ0) is 29.4. The van der Waals surface area contributed by atoms with Crippen LogP contribution in [0.5, 0.6) is 0 Å². The highest BCUT2D eigenvalue weighted by Crippen LogP contribution is 2.25. The highest BCUT2D eigenvalue weighted by atomic mass is 16.5. The summed E-state index contributed by atoms with van der Waals surface area (Å²) in [5.74, 6) is -1.31. The molecule has 11 nitrogen and oxygen atoms in total. The van der Waals surface area contributed by atoms with Gasteiger partial charge in [-0.15, -0.1) is 0 Å². The molecule has 4 rings (SSSR count). The number of amides is 2. The van der Waals surface area contributed by atoms with Gasteiger partial charge >= 0.3 is 13.2 Å². The summed E-state index contributed by atoms with van der Waals surface area (Å²) in [6.07, 6.45) is 3.52. The van der Waals surface area contributed by atoms with Crippen molar-refractivity contribution in [1.29, 1.82) is 5.26 Å². The maximum Gasteiger partial charge on any atom is 0.475 e. The van der Waals surface area contributed by atoms with Crippen LogP contribution in [0, 0.1) is 11.3 Å². The van der Waals surface area contributed by atoms with Crippen LogP contribution in [0.1, 0.15) is 38.7 Å². The molecule has 0 bridgehead atoms. The lowest BCUT2D eigenvalue weighted by Gasteiger charge is -2.46. The molecular formula is C29H42BN5O6. The highest BCUT2D eigenvalue weighted by molar-refractivity contribution is 6.43. The fourth-order valence-electron chi connectivity index (χ4n) is 5.74. The molecule has 0 radical (unpaired) electrons.